The van der Waals surface area contributed by atoms with Crippen LogP contribution in [0, 0.1) is 17.6 Å². The molecular formula is C25H27F2N3O3S. The molecule has 2 amide bonds. The predicted molar refractivity (Wildman–Crippen MR) is 127 cm³/mol. The van der Waals surface area contributed by atoms with E-state index in [2.05, 4.69) is 24.1 Å². The first-order chi connectivity index (χ1) is 16.3. The van der Waals surface area contributed by atoms with Gasteiger partial charge in [-0.05, 0) is 68.1 Å². The number of imide groups is 1. The molecule has 1 N–H and O–H groups in total. The Morgan fingerprint density at radius 1 is 1.21 bits per heavy atom. The number of nitrogens with one attached hydrogen (secondary N) is 1. The van der Waals surface area contributed by atoms with Crippen LogP contribution in [0.3, 0.4) is 0 Å². The number of halogens is 2. The summed E-state index contributed by atoms with van der Waals surface area (Å²) in [6, 6.07) is 8.09. The molecule has 9 heteroatoms. The van der Waals surface area contributed by atoms with E-state index in [1.54, 1.807) is 0 Å². The molecule has 0 aliphatic carbocycles. The lowest BCUT2D eigenvalue weighted by atomic mass is 9.99. The van der Waals surface area contributed by atoms with E-state index < -0.39 is 29.0 Å². The molecular weight excluding hydrogens is 460 g/mol. The Balaban J connectivity index is 1.41. The Morgan fingerprint density at radius 2 is 1.97 bits per heavy atom. The molecule has 6 nitrogen and oxygen atoms in total. The fourth-order valence-electron chi connectivity index (χ4n) is 3.95. The number of aryl methyl sites for hydroxylation is 1. The Labute approximate surface area is 200 Å². The fraction of sp³-hybridized carbons (Fsp3) is 0.400. The molecule has 0 spiro atoms. The van der Waals surface area contributed by atoms with Gasteiger partial charge in [-0.2, -0.15) is 0 Å². The van der Waals surface area contributed by atoms with E-state index in [4.69, 9.17) is 4.74 Å². The van der Waals surface area contributed by atoms with E-state index in [9.17, 15) is 18.4 Å². The monoisotopic (exact) mass is 487 g/mol. The normalized spacial score (nSPS) is 14.9. The Kier molecular flexibility index (Phi) is 7.53. The average molecular weight is 488 g/mol. The summed E-state index contributed by atoms with van der Waals surface area (Å²) < 4.78 is 35.8. The second-order valence-electron chi connectivity index (χ2n) is 8.62. The summed E-state index contributed by atoms with van der Waals surface area (Å²) in [5.74, 6) is -3.60. The van der Waals surface area contributed by atoms with Crippen LogP contribution in [0.25, 0.3) is 10.2 Å². The highest BCUT2D eigenvalue weighted by Crippen LogP contribution is 2.27. The van der Waals surface area contributed by atoms with Crippen molar-refractivity contribution in [3.8, 4) is 5.75 Å². The summed E-state index contributed by atoms with van der Waals surface area (Å²) in [5, 5.41) is 2.73. The highest BCUT2D eigenvalue weighted by atomic mass is 32.1. The van der Waals surface area contributed by atoms with Crippen molar-refractivity contribution in [1.82, 2.24) is 15.2 Å². The molecule has 1 aromatic heterocycles. The van der Waals surface area contributed by atoms with Crippen LogP contribution in [-0.4, -0.2) is 41.3 Å². The minimum absolute atomic E-state index is 0.00917. The van der Waals surface area contributed by atoms with Gasteiger partial charge in [0.05, 0.1) is 16.8 Å². The number of carbonyl (C=O) groups is 2. The van der Waals surface area contributed by atoms with E-state index in [-0.39, 0.29) is 18.9 Å². The molecule has 4 rings (SSSR count). The average Bonchev–Trinajstić information content (AvgIpc) is 3.22. The van der Waals surface area contributed by atoms with Gasteiger partial charge < -0.3 is 4.74 Å². The van der Waals surface area contributed by atoms with Crippen LogP contribution in [0.1, 0.15) is 47.6 Å². The molecule has 0 saturated carbocycles. The van der Waals surface area contributed by atoms with Gasteiger partial charge in [-0.15, -0.1) is 11.3 Å². The van der Waals surface area contributed by atoms with Gasteiger partial charge >= 0.3 is 0 Å². The van der Waals surface area contributed by atoms with Crippen molar-refractivity contribution in [2.45, 2.75) is 39.7 Å². The van der Waals surface area contributed by atoms with Crippen LogP contribution in [0.4, 0.5) is 8.78 Å². The summed E-state index contributed by atoms with van der Waals surface area (Å²) in [7, 11) is 0. The van der Waals surface area contributed by atoms with Gasteiger partial charge in [0.1, 0.15) is 23.0 Å². The zero-order valence-corrected chi connectivity index (χ0v) is 20.0. The van der Waals surface area contributed by atoms with E-state index in [1.807, 2.05) is 23.1 Å². The van der Waals surface area contributed by atoms with Crippen LogP contribution >= 0.6 is 11.3 Å². The molecule has 0 unspecified atom stereocenters. The Bertz CT molecular complexity index is 1210. The van der Waals surface area contributed by atoms with Gasteiger partial charge in [-0.3, -0.25) is 19.8 Å². The smallest absolute Gasteiger partial charge is 0.263 e. The van der Waals surface area contributed by atoms with Crippen molar-refractivity contribution in [3.05, 3.63) is 58.1 Å². The first-order valence-corrected chi connectivity index (χ1v) is 12.2. The van der Waals surface area contributed by atoms with E-state index in [0.717, 1.165) is 60.3 Å². The summed E-state index contributed by atoms with van der Waals surface area (Å²) in [4.78, 5) is 31.2. The van der Waals surface area contributed by atoms with Crippen molar-refractivity contribution in [2.24, 2.45) is 5.92 Å². The number of carbonyl (C=O) groups excluding carboxylic acids is 2. The quantitative estimate of drug-likeness (QED) is 0.523. The third-order valence-corrected chi connectivity index (χ3v) is 7.04. The maximum Gasteiger partial charge on any atom is 0.263 e. The maximum atomic E-state index is 15.0. The van der Waals surface area contributed by atoms with Gasteiger partial charge in [0, 0.05) is 0 Å². The van der Waals surface area contributed by atoms with E-state index >= 15 is 0 Å². The van der Waals surface area contributed by atoms with Crippen molar-refractivity contribution < 1.29 is 23.1 Å². The van der Waals surface area contributed by atoms with Crippen LogP contribution in [-0.2, 0) is 17.8 Å². The van der Waals surface area contributed by atoms with E-state index in [1.165, 1.54) is 11.3 Å². The topological polar surface area (TPSA) is 71.5 Å². The molecule has 3 aromatic rings. The molecule has 2 aromatic carbocycles. The van der Waals surface area contributed by atoms with Crippen LogP contribution in [0.15, 0.2) is 30.3 Å². The number of benzene rings is 2. The Morgan fingerprint density at radius 3 is 2.71 bits per heavy atom. The third-order valence-electron chi connectivity index (χ3n) is 6.03. The second kappa shape index (κ2) is 10.6. The lowest BCUT2D eigenvalue weighted by molar-refractivity contribution is -0.121. The zero-order chi connectivity index (χ0) is 24.2. The largest absolute Gasteiger partial charge is 0.483 e. The molecule has 2 heterocycles. The highest BCUT2D eigenvalue weighted by Gasteiger charge is 2.25. The SMILES string of the molecule is CCc1ccc2sc(COc3ccc(F)c(C(=O)NC(=O)CN4CCC(C)CC4)c3F)nc2c1. The number of nitrogens with zero attached hydrogens (tertiary/aromatic N) is 2. The summed E-state index contributed by atoms with van der Waals surface area (Å²) in [6.07, 6.45) is 2.83. The summed E-state index contributed by atoms with van der Waals surface area (Å²) in [6.45, 7) is 5.69. The molecule has 1 saturated heterocycles. The maximum absolute atomic E-state index is 15.0. The minimum atomic E-state index is -1.15. The van der Waals surface area contributed by atoms with Crippen molar-refractivity contribution >= 4 is 33.4 Å². The molecule has 34 heavy (non-hydrogen) atoms. The number of piperidine rings is 1. The number of likely N-dealkylation sites (tertiary alicyclic amines) is 1. The van der Waals surface area contributed by atoms with Gasteiger partial charge in [0.25, 0.3) is 5.91 Å². The number of amides is 2. The number of rotatable bonds is 7. The molecule has 1 aliphatic heterocycles. The second-order valence-corrected chi connectivity index (χ2v) is 9.74. The predicted octanol–water partition coefficient (Wildman–Crippen LogP) is 4.70. The lowest BCUT2D eigenvalue weighted by Crippen LogP contribution is -2.43. The first kappa shape index (κ1) is 24.2. The van der Waals surface area contributed by atoms with Crippen LogP contribution in [0.5, 0.6) is 5.75 Å². The summed E-state index contributed by atoms with van der Waals surface area (Å²) in [5.41, 5.74) is 1.16. The third kappa shape index (κ3) is 5.59. The molecule has 0 bridgehead atoms. The van der Waals surface area contributed by atoms with Crippen molar-refractivity contribution in [3.63, 3.8) is 0 Å². The fourth-order valence-corrected chi connectivity index (χ4v) is 4.81. The molecule has 0 atom stereocenters. The highest BCUT2D eigenvalue weighted by molar-refractivity contribution is 7.18. The molecule has 180 valence electrons. The Hall–Kier alpha value is -2.91. The molecule has 1 aliphatic rings. The van der Waals surface area contributed by atoms with Crippen LogP contribution < -0.4 is 10.1 Å². The number of hydrogen-bond donors (Lipinski definition) is 1. The zero-order valence-electron chi connectivity index (χ0n) is 19.2. The van der Waals surface area contributed by atoms with Gasteiger partial charge in [-0.1, -0.05) is 19.9 Å². The number of fused-ring (bicyclic) bond motifs is 1. The number of hydrogen-bond acceptors (Lipinski definition) is 6. The first-order valence-electron chi connectivity index (χ1n) is 11.4. The lowest BCUT2D eigenvalue weighted by Gasteiger charge is -2.29. The molecule has 0 radical (unpaired) electrons. The molecule has 1 fully saturated rings. The van der Waals surface area contributed by atoms with Gasteiger partial charge in [0.2, 0.25) is 5.91 Å². The standard InChI is InChI=1S/C25H27F2N3O3S/c1-3-16-4-7-20-18(12-16)28-22(34-20)14-33-19-6-5-17(26)23(24(19)27)25(32)29-21(31)13-30-10-8-15(2)9-11-30/h4-7,12,15H,3,8-11,13-14H2,1-2H3,(H,29,31,32). The van der Waals surface area contributed by atoms with E-state index in [0.29, 0.717) is 10.9 Å². The van der Waals surface area contributed by atoms with Crippen molar-refractivity contribution in [2.75, 3.05) is 19.6 Å². The van der Waals surface area contributed by atoms with Gasteiger partial charge in [-0.25, -0.2) is 13.8 Å². The summed E-state index contributed by atoms with van der Waals surface area (Å²) >= 11 is 1.42. The minimum Gasteiger partial charge on any atom is -0.483 e. The number of ether oxygens (including phenoxy) is 1. The number of aromatic nitrogens is 1. The van der Waals surface area contributed by atoms with Crippen LogP contribution in [0.2, 0.25) is 0 Å². The van der Waals surface area contributed by atoms with Crippen molar-refractivity contribution in [1.29, 1.82) is 0 Å². The number of thiazole rings is 1. The van der Waals surface area contributed by atoms with Gasteiger partial charge in [0.15, 0.2) is 11.6 Å².